The first-order chi connectivity index (χ1) is 71.4. The molecule has 147 heavy (non-hydrogen) atoms. The number of piperazine rings is 1. The molecule has 0 aromatic carbocycles. The van der Waals surface area contributed by atoms with Gasteiger partial charge in [-0.25, -0.2) is 68.7 Å². The first-order valence-corrected chi connectivity index (χ1v) is 48.2. The molecular weight excluding hydrogens is 1890 g/mol. The summed E-state index contributed by atoms with van der Waals surface area (Å²) in [4.78, 5) is 233. The number of carbonyl (C=O) groups excluding carboxylic acids is 4. The third kappa shape index (κ3) is 19.8. The van der Waals surface area contributed by atoms with Crippen molar-refractivity contribution in [1.82, 2.24) is 137 Å². The summed E-state index contributed by atoms with van der Waals surface area (Å²) in [6.45, 7) is 9.59. The Morgan fingerprint density at radius 2 is 0.619 bits per heavy atom. The molecule has 0 aliphatic carbocycles. The number of nitrogens with one attached hydrogen (secondary N) is 4. The lowest BCUT2D eigenvalue weighted by Crippen LogP contribution is -2.44. The minimum atomic E-state index is -0.549. The van der Waals surface area contributed by atoms with E-state index in [1.54, 1.807) is 111 Å². The van der Waals surface area contributed by atoms with E-state index >= 15 is 0 Å². The lowest BCUT2D eigenvalue weighted by atomic mass is 10.0. The third-order valence-corrected chi connectivity index (χ3v) is 27.8. The number of rotatable bonds is 15. The van der Waals surface area contributed by atoms with Crippen LogP contribution in [0.2, 0.25) is 0 Å². The molecule has 0 spiro atoms. The van der Waals surface area contributed by atoms with Crippen LogP contribution in [0.4, 0.5) is 11.6 Å². The highest BCUT2D eigenvalue weighted by atomic mass is 16.5. The van der Waals surface area contributed by atoms with Crippen LogP contribution in [0.15, 0.2) is 198 Å². The van der Waals surface area contributed by atoms with Crippen molar-refractivity contribution in [2.24, 2.45) is 0 Å². The van der Waals surface area contributed by atoms with E-state index in [4.69, 9.17) is 29.8 Å². The fourth-order valence-electron chi connectivity index (χ4n) is 20.0. The van der Waals surface area contributed by atoms with Gasteiger partial charge >= 0.3 is 22.8 Å². The molecule has 0 unspecified atom stereocenters. The average molecular weight is 1990 g/mol. The molecule has 4 amide bonds. The number of pyridine rings is 11. The molecule has 6 aliphatic heterocycles. The molecule has 6 saturated heterocycles. The number of aryl methyl sites for hydroxylation is 1. The maximum atomic E-state index is 13.2. The lowest BCUT2D eigenvalue weighted by molar-refractivity contribution is -0.136. The predicted molar refractivity (Wildman–Crippen MR) is 541 cm³/mol. The van der Waals surface area contributed by atoms with Crippen LogP contribution in [-0.4, -0.2) is 320 Å². The number of likely N-dealkylation sites (N-methyl/N-ethyl adjacent to an activating group) is 1. The van der Waals surface area contributed by atoms with Gasteiger partial charge < -0.3 is 59.5 Å². The number of aliphatic hydroxyl groups excluding tert-OH is 4. The minimum Gasteiger partial charge on any atom is -0.387 e. The van der Waals surface area contributed by atoms with Crippen LogP contribution >= 0.6 is 0 Å². The van der Waals surface area contributed by atoms with Crippen LogP contribution in [0, 0.1) is 6.92 Å². The van der Waals surface area contributed by atoms with E-state index in [0.717, 1.165) is 67.6 Å². The Labute approximate surface area is 830 Å². The van der Waals surface area contributed by atoms with E-state index in [1.807, 2.05) is 72.8 Å². The largest absolute Gasteiger partial charge is 0.387 e. The Bertz CT molecular complexity index is 8450. The molecule has 17 aromatic heterocycles. The van der Waals surface area contributed by atoms with Crippen molar-refractivity contribution in [3.05, 3.63) is 248 Å². The van der Waals surface area contributed by atoms with Crippen LogP contribution in [0.1, 0.15) is 81.4 Å². The van der Waals surface area contributed by atoms with Gasteiger partial charge in [-0.1, -0.05) is 0 Å². The summed E-state index contributed by atoms with van der Waals surface area (Å²) >= 11 is 0. The average Bonchev–Trinajstić information content (AvgIpc) is 0.985. The number of morpholine rings is 1. The Morgan fingerprint density at radius 1 is 0.333 bits per heavy atom. The van der Waals surface area contributed by atoms with Crippen LogP contribution < -0.4 is 54.8 Å². The smallest absolute Gasteiger partial charge is 0.329 e. The Balaban J connectivity index is 0.000000119. The highest BCUT2D eigenvalue weighted by Crippen LogP contribution is 2.37. The van der Waals surface area contributed by atoms with Gasteiger partial charge in [0.1, 0.15) is 66.0 Å². The lowest BCUT2D eigenvalue weighted by Gasteiger charge is -2.33. The third-order valence-electron chi connectivity index (χ3n) is 27.8. The molecule has 47 heteroatoms. The van der Waals surface area contributed by atoms with E-state index in [1.165, 1.54) is 24.8 Å². The molecule has 0 bridgehead atoms. The van der Waals surface area contributed by atoms with Crippen LogP contribution in [0.3, 0.4) is 0 Å². The molecule has 23 rings (SSSR count). The standard InChI is InChI=1S/C27H30N8O4.C26H27N7O5.C25H22N8O4.C22H21N7O4/c1-32-10-12-33(13-11-32)22-5-2-17(14-29-22)20-3-4-21-24(30-20)25-19(15-28-21)26(38)31-27(39)35(25)18-6-8-34(9-7-18)23(37)16-36;34-15-22(35)32-7-5-17(6-8-32)33-24-18(25(36)30-26(33)37)14-27-20-3-2-19(29-23(20)24)16-1-4-21(28-13-16)31-9-11-38-12-10-31;34-14-21(35)31-10-6-16(7-11-31)33-23-17(24(36)30-25(33)37)13-26-19-4-3-18(29-22(19)23)15-2-5-20(27-12-15)32-9-1-8-28-32;1-12-23-8-13(9-24-12)16-2-3-17-19(26-16)20-15(10-25-17)21(32)27-22(33)29(20)14-4-6-28(7-5-14)18(31)11-30/h2-5,14-15,18,36H,6-13,16H2,1H3,(H,31,38,39);1-4,13-14,17,34H,5-12,15H2,(H,30,36,37);1-5,8-9,12-13,16,34H,6-7,10-11,14H2,(H,30,36,37);2-3,8-10,14,30H,4-7,11H2,1H3,(H,27,32,33). The molecule has 0 radical (unpaired) electrons. The SMILES string of the molecule is CN1CCN(c2ccc(-c3ccc4ncc5c(=O)[nH]c(=O)n(C6CCN(C(=O)CO)CC6)c5c4n3)cn2)CC1.Cc1ncc(-c2ccc3ncc4c(=O)[nH]c(=O)n(C5CCN(C(=O)CO)CC5)c4c3n2)cn1.O=C(CO)N1CCC(n2c(=O)[nH]c(=O)c3cnc4ccc(-c5ccc(-n6cccn6)nc5)nc4c32)CC1.O=C(CO)N1CCC(n2c(=O)[nH]c(=O)c3cnc4ccc(-c5ccc(N6CCOCC6)nc5)nc4c32)CC1. The monoisotopic (exact) mass is 1990 g/mol. The highest BCUT2D eigenvalue weighted by molar-refractivity contribution is 6.05. The van der Waals surface area contributed by atoms with Gasteiger partial charge in [-0.3, -0.25) is 96.5 Å². The number of aromatic amines is 4. The van der Waals surface area contributed by atoms with Crippen molar-refractivity contribution in [1.29, 1.82) is 0 Å². The molecular formula is C100H100N30O17. The van der Waals surface area contributed by atoms with Gasteiger partial charge in [-0.2, -0.15) is 5.10 Å². The number of likely N-dealkylation sites (tertiary alicyclic amines) is 4. The molecule has 0 atom stereocenters. The summed E-state index contributed by atoms with van der Waals surface area (Å²) in [6, 6.07) is 27.0. The van der Waals surface area contributed by atoms with E-state index < -0.39 is 71.4 Å². The maximum absolute atomic E-state index is 13.2. The summed E-state index contributed by atoms with van der Waals surface area (Å²) < 4.78 is 13.4. The van der Waals surface area contributed by atoms with Crippen molar-refractivity contribution in [3.63, 3.8) is 0 Å². The second-order valence-corrected chi connectivity index (χ2v) is 36.5. The number of anilines is 2. The molecule has 752 valence electrons. The zero-order valence-corrected chi connectivity index (χ0v) is 79.8. The normalized spacial score (nSPS) is 15.9. The fraction of sp³-hybridized carbons (Fsp3) is 0.340. The second kappa shape index (κ2) is 42.1. The number of H-pyrrole nitrogens is 4. The number of nitrogens with zero attached hydrogens (tertiary/aromatic N) is 26. The summed E-state index contributed by atoms with van der Waals surface area (Å²) in [5.41, 5.74) is 7.10. The van der Waals surface area contributed by atoms with Crippen LogP contribution in [-0.2, 0) is 23.9 Å². The fourth-order valence-corrected chi connectivity index (χ4v) is 20.0. The summed E-state index contributed by atoms with van der Waals surface area (Å²) in [5.74, 6) is 1.74. The van der Waals surface area contributed by atoms with Gasteiger partial charge in [0, 0.05) is 206 Å². The van der Waals surface area contributed by atoms with Crippen molar-refractivity contribution in [2.75, 3.05) is 148 Å². The van der Waals surface area contributed by atoms with Gasteiger partial charge in [0.25, 0.3) is 22.2 Å². The second-order valence-electron chi connectivity index (χ2n) is 36.5. The summed E-state index contributed by atoms with van der Waals surface area (Å²) in [6.07, 6.45) is 21.9. The van der Waals surface area contributed by atoms with Gasteiger partial charge in [-0.05, 0) is 156 Å². The zero-order valence-electron chi connectivity index (χ0n) is 79.8. The van der Waals surface area contributed by atoms with Crippen LogP contribution in [0.5, 0.6) is 0 Å². The highest BCUT2D eigenvalue weighted by Gasteiger charge is 2.34. The molecule has 6 aliphatic rings. The molecule has 0 saturated carbocycles. The van der Waals surface area contributed by atoms with E-state index in [2.05, 4.69) is 91.6 Å². The van der Waals surface area contributed by atoms with Crippen molar-refractivity contribution in [3.8, 4) is 50.8 Å². The number of piperidine rings is 4. The number of fused-ring (bicyclic) bond motifs is 12. The molecule has 8 N–H and O–H groups in total. The zero-order chi connectivity index (χ0) is 102. The number of aliphatic hydroxyl groups is 4. The van der Waals surface area contributed by atoms with Gasteiger partial charge in [0.15, 0.2) is 5.82 Å². The van der Waals surface area contributed by atoms with Gasteiger partial charge in [0.2, 0.25) is 23.6 Å². The van der Waals surface area contributed by atoms with Gasteiger partial charge in [0.05, 0.1) is 102 Å². The van der Waals surface area contributed by atoms with E-state index in [-0.39, 0.29) is 69.3 Å². The van der Waals surface area contributed by atoms with Crippen LogP contribution in [0.25, 0.3) is 139 Å². The van der Waals surface area contributed by atoms with E-state index in [0.29, 0.717) is 223 Å². The Hall–Kier alpha value is -17.0. The van der Waals surface area contributed by atoms with Crippen molar-refractivity contribution < 1.29 is 44.3 Å². The molecule has 47 nitrogen and oxygen atoms in total. The van der Waals surface area contributed by atoms with Crippen molar-refractivity contribution >= 4 is 123 Å². The number of amides is 4. The molecule has 6 fully saturated rings. The van der Waals surface area contributed by atoms with E-state index in [9.17, 15) is 72.9 Å². The first kappa shape index (κ1) is 97.4. The maximum Gasteiger partial charge on any atom is 0.329 e. The minimum absolute atomic E-state index is 0.250. The Morgan fingerprint density at radius 3 is 0.898 bits per heavy atom. The van der Waals surface area contributed by atoms with Gasteiger partial charge in [-0.15, -0.1) is 0 Å². The molecule has 23 heterocycles. The molecule has 17 aromatic rings. The number of hydrogen-bond donors (Lipinski definition) is 8. The quantitative estimate of drug-likeness (QED) is 0.0684. The Kier molecular flexibility index (Phi) is 27.9. The summed E-state index contributed by atoms with van der Waals surface area (Å²) in [5, 5.41) is 42.0. The predicted octanol–water partition coefficient (Wildman–Crippen LogP) is 2.88. The summed E-state index contributed by atoms with van der Waals surface area (Å²) in [7, 11) is 2.12. The number of carbonyl (C=O) groups is 4. The number of aromatic nitrogens is 23. The first-order valence-electron chi connectivity index (χ1n) is 48.2. The number of ether oxygens (including phenoxy) is 1. The topological polar surface area (TPSA) is 586 Å². The van der Waals surface area contributed by atoms with Crippen molar-refractivity contribution in [2.45, 2.75) is 82.5 Å². The number of hydrogen-bond acceptors (Lipinski definition) is 34.